The second kappa shape index (κ2) is 7.46. The van der Waals surface area contributed by atoms with Crippen LogP contribution in [0.4, 0.5) is 5.82 Å². The maximum absolute atomic E-state index is 11.1. The summed E-state index contributed by atoms with van der Waals surface area (Å²) in [5.74, 6) is 0.800. The van der Waals surface area contributed by atoms with Gasteiger partial charge in [0.15, 0.2) is 0 Å². The first-order chi connectivity index (χ1) is 12.7. The molecule has 1 aromatic heterocycles. The van der Waals surface area contributed by atoms with Crippen molar-refractivity contribution in [3.63, 3.8) is 0 Å². The number of carbonyl (C=O) groups excluding carboxylic acids is 1. The number of anilines is 1. The molecule has 0 atom stereocenters. The summed E-state index contributed by atoms with van der Waals surface area (Å²) in [6, 6.07) is 10.5. The van der Waals surface area contributed by atoms with Crippen LogP contribution in [0.2, 0.25) is 0 Å². The van der Waals surface area contributed by atoms with Gasteiger partial charge in [-0.25, -0.2) is 4.98 Å². The fourth-order valence-electron chi connectivity index (χ4n) is 3.92. The number of morpholine rings is 1. The molecule has 1 fully saturated rings. The molecule has 2 aliphatic rings. The predicted octanol–water partition coefficient (Wildman–Crippen LogP) is 2.03. The molecule has 5 nitrogen and oxygen atoms in total. The van der Waals surface area contributed by atoms with Crippen LogP contribution in [-0.4, -0.2) is 37.2 Å². The number of nitrogens with zero attached hydrogens (tertiary/aromatic N) is 2. The second-order valence-electron chi connectivity index (χ2n) is 7.15. The summed E-state index contributed by atoms with van der Waals surface area (Å²) >= 11 is 0. The van der Waals surface area contributed by atoms with Crippen LogP contribution in [-0.2, 0) is 35.2 Å². The van der Waals surface area contributed by atoms with E-state index in [4.69, 9.17) is 15.5 Å². The van der Waals surface area contributed by atoms with Crippen LogP contribution in [0.25, 0.3) is 0 Å². The molecule has 1 aromatic carbocycles. The highest BCUT2D eigenvalue weighted by molar-refractivity contribution is 5.76. The zero-order valence-electron chi connectivity index (χ0n) is 15.0. The van der Waals surface area contributed by atoms with Gasteiger partial charge in [0, 0.05) is 18.8 Å². The zero-order chi connectivity index (χ0) is 17.9. The zero-order valence-corrected chi connectivity index (χ0v) is 15.0. The molecule has 26 heavy (non-hydrogen) atoms. The molecule has 1 aliphatic heterocycles. The highest BCUT2D eigenvalue weighted by Gasteiger charge is 2.21. The van der Waals surface area contributed by atoms with E-state index in [-0.39, 0.29) is 5.91 Å². The van der Waals surface area contributed by atoms with Gasteiger partial charge in [-0.15, -0.1) is 0 Å². The van der Waals surface area contributed by atoms with Crippen LogP contribution >= 0.6 is 0 Å². The number of primary amides is 1. The minimum atomic E-state index is -0.292. The number of amides is 1. The maximum Gasteiger partial charge on any atom is 0.221 e. The molecule has 0 unspecified atom stereocenters. The molecule has 1 amide bonds. The minimum absolute atomic E-state index is 0.292. The maximum atomic E-state index is 11.1. The normalized spacial score (nSPS) is 16.5. The first-order valence-electron chi connectivity index (χ1n) is 9.39. The average molecular weight is 351 g/mol. The number of pyridine rings is 1. The first-order valence-corrected chi connectivity index (χ1v) is 9.39. The number of benzene rings is 1. The Labute approximate surface area is 154 Å². The lowest BCUT2D eigenvalue weighted by atomic mass is 9.98. The second-order valence-corrected chi connectivity index (χ2v) is 7.15. The largest absolute Gasteiger partial charge is 0.378 e. The molecular formula is C21H25N3O2. The summed E-state index contributed by atoms with van der Waals surface area (Å²) in [6.07, 6.45) is 4.60. The molecule has 5 heteroatoms. The van der Waals surface area contributed by atoms with Gasteiger partial charge >= 0.3 is 0 Å². The Morgan fingerprint density at radius 2 is 1.85 bits per heavy atom. The van der Waals surface area contributed by atoms with Crippen LogP contribution in [0.15, 0.2) is 30.3 Å². The number of aromatic nitrogens is 1. The van der Waals surface area contributed by atoms with E-state index in [0.717, 1.165) is 56.9 Å². The van der Waals surface area contributed by atoms with Crippen molar-refractivity contribution in [1.82, 2.24) is 4.98 Å². The van der Waals surface area contributed by atoms with Gasteiger partial charge in [-0.1, -0.05) is 24.3 Å². The third-order valence-corrected chi connectivity index (χ3v) is 5.26. The molecule has 0 bridgehead atoms. The van der Waals surface area contributed by atoms with Gasteiger partial charge in [0.25, 0.3) is 0 Å². The Hall–Kier alpha value is -2.40. The summed E-state index contributed by atoms with van der Waals surface area (Å²) < 4.78 is 5.48. The Morgan fingerprint density at radius 1 is 1.12 bits per heavy atom. The van der Waals surface area contributed by atoms with Gasteiger partial charge in [0.2, 0.25) is 5.91 Å². The van der Waals surface area contributed by atoms with E-state index in [9.17, 15) is 4.79 Å². The minimum Gasteiger partial charge on any atom is -0.378 e. The van der Waals surface area contributed by atoms with E-state index in [1.165, 1.54) is 28.8 Å². The van der Waals surface area contributed by atoms with Crippen LogP contribution in [0.3, 0.4) is 0 Å². The Bertz CT molecular complexity index is 796. The number of hydrogen-bond acceptors (Lipinski definition) is 4. The highest BCUT2D eigenvalue weighted by atomic mass is 16.5. The SMILES string of the molecule is NC(=O)Cc1ccc(Cc2cc(N3CCOCC3)nc3c2CCC3)cc1. The molecule has 0 radical (unpaired) electrons. The van der Waals surface area contributed by atoms with E-state index in [1.54, 1.807) is 0 Å². The van der Waals surface area contributed by atoms with E-state index in [1.807, 2.05) is 12.1 Å². The van der Waals surface area contributed by atoms with Crippen LogP contribution < -0.4 is 10.6 Å². The molecule has 136 valence electrons. The van der Waals surface area contributed by atoms with Crippen molar-refractivity contribution in [2.45, 2.75) is 32.1 Å². The van der Waals surface area contributed by atoms with Gasteiger partial charge in [0.05, 0.1) is 19.6 Å². The number of carbonyl (C=O) groups is 1. The molecule has 4 rings (SSSR count). The molecule has 0 spiro atoms. The number of nitrogens with two attached hydrogens (primary N) is 1. The lowest BCUT2D eigenvalue weighted by Gasteiger charge is -2.29. The quantitative estimate of drug-likeness (QED) is 0.895. The summed E-state index contributed by atoms with van der Waals surface area (Å²) in [5.41, 5.74) is 11.6. The summed E-state index contributed by atoms with van der Waals surface area (Å²) in [6.45, 7) is 3.37. The molecule has 2 N–H and O–H groups in total. The van der Waals surface area contributed by atoms with Crippen LogP contribution in [0.5, 0.6) is 0 Å². The summed E-state index contributed by atoms with van der Waals surface area (Å²) in [7, 11) is 0. The van der Waals surface area contributed by atoms with Crippen molar-refractivity contribution in [2.24, 2.45) is 5.73 Å². The number of fused-ring (bicyclic) bond motifs is 1. The Morgan fingerprint density at radius 3 is 2.58 bits per heavy atom. The predicted molar refractivity (Wildman–Crippen MR) is 101 cm³/mol. The molecule has 1 saturated heterocycles. The lowest BCUT2D eigenvalue weighted by molar-refractivity contribution is -0.117. The van der Waals surface area contributed by atoms with Gasteiger partial charge in [-0.3, -0.25) is 4.79 Å². The topological polar surface area (TPSA) is 68.5 Å². The van der Waals surface area contributed by atoms with Crippen LogP contribution in [0.1, 0.15) is 34.4 Å². The molecule has 2 aromatic rings. The van der Waals surface area contributed by atoms with Crippen LogP contribution in [0, 0.1) is 0 Å². The van der Waals surface area contributed by atoms with Gasteiger partial charge in [-0.05, 0) is 54.0 Å². The molecule has 0 saturated carbocycles. The molecular weight excluding hydrogens is 326 g/mol. The average Bonchev–Trinajstić information content (AvgIpc) is 3.12. The molecule has 1 aliphatic carbocycles. The van der Waals surface area contributed by atoms with Crippen molar-refractivity contribution in [2.75, 3.05) is 31.2 Å². The highest BCUT2D eigenvalue weighted by Crippen LogP contribution is 2.29. The van der Waals surface area contributed by atoms with E-state index < -0.39 is 0 Å². The Kier molecular flexibility index (Phi) is 4.89. The summed E-state index contributed by atoms with van der Waals surface area (Å²) in [5, 5.41) is 0. The standard InChI is InChI=1S/C21H25N3O2/c22-20(25)13-16-6-4-15(5-7-16)12-17-14-21(24-8-10-26-11-9-24)23-19-3-1-2-18(17)19/h4-7,14H,1-3,8-13H2,(H2,22,25). The van der Waals surface area contributed by atoms with Crippen molar-refractivity contribution in [1.29, 1.82) is 0 Å². The number of hydrogen-bond donors (Lipinski definition) is 1. The van der Waals surface area contributed by atoms with E-state index in [2.05, 4.69) is 23.1 Å². The monoisotopic (exact) mass is 351 g/mol. The van der Waals surface area contributed by atoms with Gasteiger partial charge in [0.1, 0.15) is 5.82 Å². The van der Waals surface area contributed by atoms with E-state index >= 15 is 0 Å². The van der Waals surface area contributed by atoms with Gasteiger partial charge in [-0.2, -0.15) is 0 Å². The number of rotatable bonds is 5. The fraction of sp³-hybridized carbons (Fsp3) is 0.429. The third kappa shape index (κ3) is 3.73. The fourth-order valence-corrected chi connectivity index (χ4v) is 3.92. The van der Waals surface area contributed by atoms with E-state index in [0.29, 0.717) is 6.42 Å². The third-order valence-electron chi connectivity index (χ3n) is 5.26. The first kappa shape index (κ1) is 17.0. The summed E-state index contributed by atoms with van der Waals surface area (Å²) in [4.78, 5) is 18.3. The lowest BCUT2D eigenvalue weighted by Crippen LogP contribution is -2.37. The van der Waals surface area contributed by atoms with Gasteiger partial charge < -0.3 is 15.4 Å². The van der Waals surface area contributed by atoms with Crippen molar-refractivity contribution >= 4 is 11.7 Å². The Balaban J connectivity index is 1.59. The smallest absolute Gasteiger partial charge is 0.221 e. The van der Waals surface area contributed by atoms with Crippen molar-refractivity contribution < 1.29 is 9.53 Å². The van der Waals surface area contributed by atoms with Crippen molar-refractivity contribution in [3.8, 4) is 0 Å². The van der Waals surface area contributed by atoms with Crippen molar-refractivity contribution in [3.05, 3.63) is 58.3 Å². The number of ether oxygens (including phenoxy) is 1. The number of aryl methyl sites for hydroxylation is 1. The molecule has 2 heterocycles.